The fraction of sp³-hybridized carbons (Fsp3) is 0.241. The van der Waals surface area contributed by atoms with E-state index in [1.807, 2.05) is 13.8 Å². The molecule has 2 atom stereocenters. The summed E-state index contributed by atoms with van der Waals surface area (Å²) in [5.74, 6) is 1.04. The Morgan fingerprint density at radius 1 is 0.767 bits per heavy atom. The Balaban J connectivity index is 0.00000106. The third-order valence-corrected chi connectivity index (χ3v) is 6.37. The monoisotopic (exact) mass is 393 g/mol. The quantitative estimate of drug-likeness (QED) is 0.472. The Morgan fingerprint density at radius 3 is 2.27 bits per heavy atom. The second-order valence-corrected chi connectivity index (χ2v) is 8.38. The molecule has 1 heteroatoms. The van der Waals surface area contributed by atoms with E-state index < -0.39 is 0 Å². The van der Waals surface area contributed by atoms with Gasteiger partial charge < -0.3 is 5.32 Å². The van der Waals surface area contributed by atoms with Crippen LogP contribution in [0.15, 0.2) is 97.1 Å². The van der Waals surface area contributed by atoms with Gasteiger partial charge in [0.1, 0.15) is 0 Å². The molecule has 0 bridgehead atoms. The van der Waals surface area contributed by atoms with Crippen LogP contribution in [-0.4, -0.2) is 0 Å². The van der Waals surface area contributed by atoms with E-state index >= 15 is 0 Å². The van der Waals surface area contributed by atoms with Crippen LogP contribution in [0.2, 0.25) is 0 Å². The summed E-state index contributed by atoms with van der Waals surface area (Å²) in [6.07, 6.45) is 9.12. The second kappa shape index (κ2) is 8.36. The van der Waals surface area contributed by atoms with E-state index in [4.69, 9.17) is 0 Å². The third kappa shape index (κ3) is 3.50. The fourth-order valence-corrected chi connectivity index (χ4v) is 4.87. The molecule has 1 nitrogen and oxygen atoms in total. The van der Waals surface area contributed by atoms with Gasteiger partial charge in [-0.2, -0.15) is 0 Å². The second-order valence-electron chi connectivity index (χ2n) is 8.38. The van der Waals surface area contributed by atoms with Gasteiger partial charge in [-0.1, -0.05) is 107 Å². The van der Waals surface area contributed by atoms with Crippen molar-refractivity contribution in [2.45, 2.75) is 39.0 Å². The average Bonchev–Trinajstić information content (AvgIpc) is 3.03. The molecule has 3 aromatic rings. The number of benzene rings is 3. The van der Waals surface area contributed by atoms with Crippen molar-refractivity contribution in [1.82, 2.24) is 0 Å². The van der Waals surface area contributed by atoms with Gasteiger partial charge in [0, 0.05) is 22.9 Å². The van der Waals surface area contributed by atoms with Crippen LogP contribution < -0.4 is 5.32 Å². The number of allylic oxidation sites excluding steroid dienone is 4. The first-order valence-corrected chi connectivity index (χ1v) is 11.1. The van der Waals surface area contributed by atoms with Gasteiger partial charge in [-0.25, -0.2) is 0 Å². The molecule has 0 saturated carbocycles. The third-order valence-electron chi connectivity index (χ3n) is 6.37. The highest BCUT2D eigenvalue weighted by molar-refractivity contribution is 5.81. The van der Waals surface area contributed by atoms with Crippen LogP contribution in [-0.2, 0) is 5.41 Å². The smallest absolute Gasteiger partial charge is 0.0463 e. The van der Waals surface area contributed by atoms with Gasteiger partial charge in [0.2, 0.25) is 0 Å². The Labute approximate surface area is 181 Å². The van der Waals surface area contributed by atoms with E-state index in [0.29, 0.717) is 11.8 Å². The van der Waals surface area contributed by atoms with Gasteiger partial charge >= 0.3 is 0 Å². The Bertz CT molecular complexity index is 1070. The molecule has 152 valence electrons. The molecule has 0 aliphatic heterocycles. The summed E-state index contributed by atoms with van der Waals surface area (Å²) in [6, 6.07) is 26.0. The molecule has 0 aromatic heterocycles. The Kier molecular flexibility index (Phi) is 5.63. The fourth-order valence-electron chi connectivity index (χ4n) is 4.87. The average molecular weight is 394 g/mol. The summed E-state index contributed by atoms with van der Waals surface area (Å²) >= 11 is 0. The molecule has 1 N–H and O–H groups in total. The number of hydrogen-bond donors (Lipinski definition) is 1. The van der Waals surface area contributed by atoms with Crippen LogP contribution in [0.25, 0.3) is 11.1 Å². The van der Waals surface area contributed by atoms with Crippen LogP contribution in [0.5, 0.6) is 0 Å². The van der Waals surface area contributed by atoms with Gasteiger partial charge in [-0.15, -0.1) is 0 Å². The Morgan fingerprint density at radius 2 is 1.47 bits per heavy atom. The van der Waals surface area contributed by atoms with Crippen molar-refractivity contribution in [3.8, 4) is 11.1 Å². The van der Waals surface area contributed by atoms with Crippen LogP contribution in [0.4, 0.5) is 11.4 Å². The molecule has 0 spiro atoms. The standard InChI is InChI=1S/C27H25N.C2H6/c1-27(2)24-14-8-6-13-22(24)23-17-16-20(18-25(23)27)28-26-15-9-7-12-21(26)19-10-4-3-5-11-19;1-2/h3-18,22,24,28H,1-2H3;1-2H3. The number of fused-ring (bicyclic) bond motifs is 3. The zero-order valence-corrected chi connectivity index (χ0v) is 18.4. The summed E-state index contributed by atoms with van der Waals surface area (Å²) in [5, 5.41) is 3.68. The predicted octanol–water partition coefficient (Wildman–Crippen LogP) is 8.24. The van der Waals surface area contributed by atoms with Gasteiger partial charge in [0.15, 0.2) is 0 Å². The van der Waals surface area contributed by atoms with Crippen LogP contribution in [0.3, 0.4) is 0 Å². The van der Waals surface area contributed by atoms with E-state index in [1.165, 1.54) is 22.3 Å². The molecule has 30 heavy (non-hydrogen) atoms. The first-order chi connectivity index (χ1) is 14.6. The van der Waals surface area contributed by atoms with E-state index in [0.717, 1.165) is 11.4 Å². The molecular formula is C29H31N. The highest BCUT2D eigenvalue weighted by Gasteiger charge is 2.44. The maximum atomic E-state index is 3.68. The van der Waals surface area contributed by atoms with Crippen LogP contribution in [0, 0.1) is 5.92 Å². The lowest BCUT2D eigenvalue weighted by Crippen LogP contribution is -2.24. The van der Waals surface area contributed by atoms with E-state index in [2.05, 4.69) is 116 Å². The van der Waals surface area contributed by atoms with Gasteiger partial charge in [0.05, 0.1) is 0 Å². The van der Waals surface area contributed by atoms with Crippen molar-refractivity contribution >= 4 is 11.4 Å². The predicted molar refractivity (Wildman–Crippen MR) is 130 cm³/mol. The highest BCUT2D eigenvalue weighted by Crippen LogP contribution is 2.53. The SMILES string of the molecule is CC.CC1(C)c2cc(Nc3ccccc3-c3ccccc3)ccc2C2C=CC=CC21. The first-order valence-electron chi connectivity index (χ1n) is 11.1. The molecule has 0 heterocycles. The van der Waals surface area contributed by atoms with Gasteiger partial charge in [-0.3, -0.25) is 0 Å². The maximum Gasteiger partial charge on any atom is 0.0463 e. The lowest BCUT2D eigenvalue weighted by Gasteiger charge is -2.29. The summed E-state index contributed by atoms with van der Waals surface area (Å²) in [5.41, 5.74) is 7.82. The molecule has 0 fully saturated rings. The normalized spacial score (nSPS) is 20.0. The van der Waals surface area contributed by atoms with Crippen LogP contribution in [0.1, 0.15) is 44.7 Å². The molecule has 0 saturated heterocycles. The van der Waals surface area contributed by atoms with Crippen molar-refractivity contribution < 1.29 is 0 Å². The number of nitrogens with one attached hydrogen (secondary N) is 1. The van der Waals surface area contributed by atoms with Crippen molar-refractivity contribution in [1.29, 1.82) is 0 Å². The number of rotatable bonds is 3. The topological polar surface area (TPSA) is 12.0 Å². The molecular weight excluding hydrogens is 362 g/mol. The molecule has 2 unspecified atom stereocenters. The van der Waals surface area contributed by atoms with Crippen LogP contribution >= 0.6 is 0 Å². The summed E-state index contributed by atoms with van der Waals surface area (Å²) in [6.45, 7) is 8.75. The lowest BCUT2D eigenvalue weighted by molar-refractivity contribution is 0.394. The minimum absolute atomic E-state index is 0.137. The lowest BCUT2D eigenvalue weighted by atomic mass is 9.74. The van der Waals surface area contributed by atoms with Crippen molar-refractivity contribution in [2.75, 3.05) is 5.32 Å². The molecule has 0 amide bonds. The maximum absolute atomic E-state index is 3.68. The number of para-hydroxylation sites is 1. The van der Waals surface area contributed by atoms with Gasteiger partial charge in [-0.05, 0) is 46.2 Å². The van der Waals surface area contributed by atoms with E-state index in [9.17, 15) is 0 Å². The minimum atomic E-state index is 0.137. The minimum Gasteiger partial charge on any atom is -0.355 e. The van der Waals surface area contributed by atoms with Crippen molar-refractivity contribution in [2.24, 2.45) is 5.92 Å². The highest BCUT2D eigenvalue weighted by atomic mass is 14.9. The van der Waals surface area contributed by atoms with Crippen molar-refractivity contribution in [3.05, 3.63) is 108 Å². The molecule has 2 aliphatic rings. The number of hydrogen-bond acceptors (Lipinski definition) is 1. The van der Waals surface area contributed by atoms with Gasteiger partial charge in [0.25, 0.3) is 0 Å². The zero-order chi connectivity index (χ0) is 21.1. The molecule has 3 aromatic carbocycles. The summed E-state index contributed by atoms with van der Waals surface area (Å²) < 4.78 is 0. The van der Waals surface area contributed by atoms with E-state index in [-0.39, 0.29) is 5.41 Å². The summed E-state index contributed by atoms with van der Waals surface area (Å²) in [7, 11) is 0. The largest absolute Gasteiger partial charge is 0.355 e. The van der Waals surface area contributed by atoms with Crippen molar-refractivity contribution in [3.63, 3.8) is 0 Å². The van der Waals surface area contributed by atoms with E-state index in [1.54, 1.807) is 0 Å². The Hall–Kier alpha value is -3.06. The zero-order valence-electron chi connectivity index (χ0n) is 18.4. The molecule has 2 aliphatic carbocycles. The molecule has 5 rings (SSSR count). The number of anilines is 2. The summed E-state index contributed by atoms with van der Waals surface area (Å²) in [4.78, 5) is 0. The molecule has 0 radical (unpaired) electrons. The first kappa shape index (κ1) is 20.2.